The largest absolute Gasteiger partial charge is 0.294 e. The monoisotopic (exact) mass is 253 g/mol. The molecule has 2 rings (SSSR count). The Labute approximate surface area is 101 Å². The van der Waals surface area contributed by atoms with Gasteiger partial charge in [-0.3, -0.25) is 9.78 Å². The molecular weight excluding hydrogens is 244 g/mol. The molecule has 0 amide bonds. The summed E-state index contributed by atoms with van der Waals surface area (Å²) in [5, 5.41) is 0. The molecule has 1 heterocycles. The molecule has 0 spiro atoms. The highest BCUT2D eigenvalue weighted by atomic mass is 32.1. The van der Waals surface area contributed by atoms with E-state index in [4.69, 9.17) is 0 Å². The smallest absolute Gasteiger partial charge is 0.171 e. The van der Waals surface area contributed by atoms with E-state index in [2.05, 4.69) is 4.98 Å². The lowest BCUT2D eigenvalue weighted by molar-refractivity contribution is 0.0989. The van der Waals surface area contributed by atoms with Crippen LogP contribution in [-0.4, -0.2) is 10.8 Å². The number of benzene rings is 1. The molecule has 1 aromatic heterocycles. The number of Topliss-reactive ketones (excluding diaryl/α,β-unsaturated/α-hetero) is 1. The molecule has 88 valence electrons. The topological polar surface area (TPSA) is 30.0 Å². The molecular formula is C12H9F2NOS. The number of ketones is 1. The van der Waals surface area contributed by atoms with E-state index >= 15 is 0 Å². The number of rotatable bonds is 3. The van der Waals surface area contributed by atoms with E-state index in [0.29, 0.717) is 0 Å². The van der Waals surface area contributed by atoms with Crippen LogP contribution in [0.1, 0.15) is 20.8 Å². The fraction of sp³-hybridized carbons (Fsp3) is 0.167. The molecule has 0 atom stereocenters. The average molecular weight is 253 g/mol. The van der Waals surface area contributed by atoms with Crippen molar-refractivity contribution in [1.29, 1.82) is 0 Å². The number of nitrogens with zero attached hydrogens (tertiary/aromatic N) is 1. The summed E-state index contributed by atoms with van der Waals surface area (Å²) >= 11 is 1.33. The number of hydrogen-bond donors (Lipinski definition) is 0. The third-order valence-electron chi connectivity index (χ3n) is 2.37. The summed E-state index contributed by atoms with van der Waals surface area (Å²) in [5.41, 5.74) is 1.80. The first-order chi connectivity index (χ1) is 8.08. The lowest BCUT2D eigenvalue weighted by Crippen LogP contribution is -2.06. The SMILES string of the molecule is Cc1cc(C(=O)Cc2cncs2)c(F)cc1F. The summed E-state index contributed by atoms with van der Waals surface area (Å²) in [7, 11) is 0. The Morgan fingerprint density at radius 2 is 2.12 bits per heavy atom. The summed E-state index contributed by atoms with van der Waals surface area (Å²) in [6, 6.07) is 1.99. The third kappa shape index (κ3) is 2.55. The molecule has 1 aromatic carbocycles. The molecule has 0 unspecified atom stereocenters. The Balaban J connectivity index is 2.28. The average Bonchev–Trinajstić information content (AvgIpc) is 2.76. The Bertz CT molecular complexity index is 552. The van der Waals surface area contributed by atoms with Gasteiger partial charge in [-0.25, -0.2) is 8.78 Å². The molecule has 2 aromatic rings. The predicted octanol–water partition coefficient (Wildman–Crippen LogP) is 3.16. The minimum atomic E-state index is -0.817. The van der Waals surface area contributed by atoms with Crippen molar-refractivity contribution < 1.29 is 13.6 Å². The first-order valence-corrected chi connectivity index (χ1v) is 5.82. The zero-order valence-electron chi connectivity index (χ0n) is 9.04. The minimum Gasteiger partial charge on any atom is -0.294 e. The summed E-state index contributed by atoms with van der Waals surface area (Å²) in [5.74, 6) is -1.82. The number of aryl methyl sites for hydroxylation is 1. The van der Waals surface area contributed by atoms with Gasteiger partial charge < -0.3 is 0 Å². The van der Waals surface area contributed by atoms with Crippen LogP contribution in [0.5, 0.6) is 0 Å². The zero-order chi connectivity index (χ0) is 12.4. The Morgan fingerprint density at radius 3 is 2.76 bits per heavy atom. The Morgan fingerprint density at radius 1 is 1.35 bits per heavy atom. The van der Waals surface area contributed by atoms with Gasteiger partial charge in [-0.05, 0) is 18.6 Å². The standard InChI is InChI=1S/C12H9F2NOS/c1-7-2-9(11(14)4-10(7)13)12(16)3-8-5-15-6-17-8/h2,4-6H,3H2,1H3. The second-order valence-corrected chi connectivity index (χ2v) is 4.62. The number of thiazole rings is 1. The van der Waals surface area contributed by atoms with Gasteiger partial charge in [0.25, 0.3) is 0 Å². The van der Waals surface area contributed by atoms with Crippen molar-refractivity contribution in [2.24, 2.45) is 0 Å². The third-order valence-corrected chi connectivity index (χ3v) is 3.15. The van der Waals surface area contributed by atoms with E-state index in [-0.39, 0.29) is 23.3 Å². The van der Waals surface area contributed by atoms with E-state index in [0.717, 1.165) is 10.9 Å². The molecule has 0 radical (unpaired) electrons. The highest BCUT2D eigenvalue weighted by Gasteiger charge is 2.15. The van der Waals surface area contributed by atoms with Crippen molar-refractivity contribution in [2.45, 2.75) is 13.3 Å². The zero-order valence-corrected chi connectivity index (χ0v) is 9.85. The summed E-state index contributed by atoms with van der Waals surface area (Å²) < 4.78 is 26.5. The molecule has 0 bridgehead atoms. The van der Waals surface area contributed by atoms with Gasteiger partial charge in [0, 0.05) is 23.6 Å². The van der Waals surface area contributed by atoms with Crippen LogP contribution < -0.4 is 0 Å². The second kappa shape index (κ2) is 4.71. The number of aromatic nitrogens is 1. The number of carbonyl (C=O) groups is 1. The molecule has 17 heavy (non-hydrogen) atoms. The maximum Gasteiger partial charge on any atom is 0.171 e. The maximum absolute atomic E-state index is 13.4. The van der Waals surface area contributed by atoms with Gasteiger partial charge in [0.15, 0.2) is 5.78 Å². The van der Waals surface area contributed by atoms with E-state index < -0.39 is 11.6 Å². The van der Waals surface area contributed by atoms with Gasteiger partial charge in [-0.1, -0.05) is 0 Å². The van der Waals surface area contributed by atoms with Crippen LogP contribution in [0.25, 0.3) is 0 Å². The molecule has 0 fully saturated rings. The Kier molecular flexibility index (Phi) is 3.28. The van der Waals surface area contributed by atoms with Crippen LogP contribution >= 0.6 is 11.3 Å². The fourth-order valence-electron chi connectivity index (χ4n) is 1.45. The predicted molar refractivity (Wildman–Crippen MR) is 61.2 cm³/mol. The molecule has 0 aliphatic heterocycles. The van der Waals surface area contributed by atoms with Gasteiger partial charge in [0.2, 0.25) is 0 Å². The van der Waals surface area contributed by atoms with Crippen LogP contribution in [0, 0.1) is 18.6 Å². The van der Waals surface area contributed by atoms with Gasteiger partial charge in [-0.15, -0.1) is 11.3 Å². The van der Waals surface area contributed by atoms with Crippen molar-refractivity contribution in [2.75, 3.05) is 0 Å². The van der Waals surface area contributed by atoms with Crippen molar-refractivity contribution in [3.63, 3.8) is 0 Å². The van der Waals surface area contributed by atoms with Crippen LogP contribution in [0.2, 0.25) is 0 Å². The van der Waals surface area contributed by atoms with Crippen molar-refractivity contribution in [1.82, 2.24) is 4.98 Å². The van der Waals surface area contributed by atoms with E-state index in [1.54, 1.807) is 11.7 Å². The molecule has 0 saturated heterocycles. The van der Waals surface area contributed by atoms with Crippen LogP contribution in [0.3, 0.4) is 0 Å². The van der Waals surface area contributed by atoms with Crippen molar-refractivity contribution in [3.8, 4) is 0 Å². The van der Waals surface area contributed by atoms with Crippen molar-refractivity contribution >= 4 is 17.1 Å². The van der Waals surface area contributed by atoms with Crippen LogP contribution in [0.15, 0.2) is 23.8 Å². The normalized spacial score (nSPS) is 10.5. The Hall–Kier alpha value is -1.62. The second-order valence-electron chi connectivity index (χ2n) is 3.65. The minimum absolute atomic E-state index is 0.0719. The van der Waals surface area contributed by atoms with E-state index in [1.165, 1.54) is 24.3 Å². The molecule has 0 aliphatic rings. The molecule has 2 nitrogen and oxygen atoms in total. The first-order valence-electron chi connectivity index (χ1n) is 4.94. The quantitative estimate of drug-likeness (QED) is 0.786. The molecule has 0 saturated carbocycles. The van der Waals surface area contributed by atoms with E-state index in [9.17, 15) is 13.6 Å². The summed E-state index contributed by atoms with van der Waals surface area (Å²) in [6.07, 6.45) is 1.66. The summed E-state index contributed by atoms with van der Waals surface area (Å²) in [4.78, 5) is 16.4. The first kappa shape index (κ1) is 11.9. The highest BCUT2D eigenvalue weighted by Crippen LogP contribution is 2.17. The number of carbonyl (C=O) groups excluding carboxylic acids is 1. The molecule has 5 heteroatoms. The number of halogens is 2. The van der Waals surface area contributed by atoms with Gasteiger partial charge >= 0.3 is 0 Å². The maximum atomic E-state index is 13.4. The number of hydrogen-bond acceptors (Lipinski definition) is 3. The van der Waals surface area contributed by atoms with Crippen LogP contribution in [-0.2, 0) is 6.42 Å². The van der Waals surface area contributed by atoms with Gasteiger partial charge in [0.1, 0.15) is 11.6 Å². The summed E-state index contributed by atoms with van der Waals surface area (Å²) in [6.45, 7) is 1.50. The van der Waals surface area contributed by atoms with E-state index in [1.807, 2.05) is 0 Å². The highest BCUT2D eigenvalue weighted by molar-refractivity contribution is 7.09. The van der Waals surface area contributed by atoms with Crippen molar-refractivity contribution in [3.05, 3.63) is 51.5 Å². The lowest BCUT2D eigenvalue weighted by atomic mass is 10.0. The van der Waals surface area contributed by atoms with Gasteiger partial charge in [0.05, 0.1) is 11.1 Å². The molecule has 0 N–H and O–H groups in total. The molecule has 0 aliphatic carbocycles. The van der Waals surface area contributed by atoms with Gasteiger partial charge in [-0.2, -0.15) is 0 Å². The fourth-order valence-corrected chi connectivity index (χ4v) is 2.05. The van der Waals surface area contributed by atoms with Crippen LogP contribution in [0.4, 0.5) is 8.78 Å². The lowest BCUT2D eigenvalue weighted by Gasteiger charge is -2.04.